The summed E-state index contributed by atoms with van der Waals surface area (Å²) < 4.78 is 1.63. The molecule has 0 saturated carbocycles. The maximum Gasteiger partial charge on any atom is 0.155 e. The van der Waals surface area contributed by atoms with Crippen LogP contribution in [0.15, 0.2) is 24.7 Å². The minimum Gasteiger partial charge on any atom is -0.388 e. The molecule has 0 bridgehead atoms. The van der Waals surface area contributed by atoms with Crippen molar-refractivity contribution in [2.75, 3.05) is 6.54 Å². The predicted molar refractivity (Wildman–Crippen MR) is 51.6 cm³/mol. The highest BCUT2D eigenvalue weighted by Gasteiger charge is 2.07. The van der Waals surface area contributed by atoms with E-state index >= 15 is 0 Å². The number of fused-ring (bicyclic) bond motifs is 1. The van der Waals surface area contributed by atoms with Gasteiger partial charge in [-0.25, -0.2) is 9.50 Å². The zero-order valence-corrected chi connectivity index (χ0v) is 7.67. The molecule has 0 saturated heterocycles. The SMILES string of the molecule is NCCC(O)c1ccc2ncnn2c1. The zero-order chi connectivity index (χ0) is 9.97. The van der Waals surface area contributed by atoms with Crippen LogP contribution in [0.5, 0.6) is 0 Å². The van der Waals surface area contributed by atoms with E-state index in [0.717, 1.165) is 11.2 Å². The molecule has 74 valence electrons. The van der Waals surface area contributed by atoms with Crippen molar-refractivity contribution < 1.29 is 5.11 Å². The van der Waals surface area contributed by atoms with Gasteiger partial charge in [-0.3, -0.25) is 0 Å². The summed E-state index contributed by atoms with van der Waals surface area (Å²) in [5, 5.41) is 13.7. The normalized spacial score (nSPS) is 13.3. The van der Waals surface area contributed by atoms with Gasteiger partial charge in [-0.05, 0) is 24.6 Å². The van der Waals surface area contributed by atoms with Gasteiger partial charge in [0.1, 0.15) is 6.33 Å². The Kier molecular flexibility index (Phi) is 2.43. The van der Waals surface area contributed by atoms with Crippen LogP contribution < -0.4 is 5.73 Å². The highest BCUT2D eigenvalue weighted by atomic mass is 16.3. The first kappa shape index (κ1) is 9.11. The molecule has 5 heteroatoms. The lowest BCUT2D eigenvalue weighted by molar-refractivity contribution is 0.169. The molecule has 1 unspecified atom stereocenters. The van der Waals surface area contributed by atoms with Crippen molar-refractivity contribution in [2.45, 2.75) is 12.5 Å². The molecule has 0 fully saturated rings. The highest BCUT2D eigenvalue weighted by molar-refractivity contribution is 5.37. The van der Waals surface area contributed by atoms with Crippen molar-refractivity contribution in [3.05, 3.63) is 30.2 Å². The Hall–Kier alpha value is -1.46. The van der Waals surface area contributed by atoms with E-state index in [1.807, 2.05) is 12.1 Å². The van der Waals surface area contributed by atoms with Gasteiger partial charge < -0.3 is 10.8 Å². The molecule has 2 aromatic rings. The van der Waals surface area contributed by atoms with Gasteiger partial charge in [-0.15, -0.1) is 0 Å². The second kappa shape index (κ2) is 3.73. The monoisotopic (exact) mass is 192 g/mol. The van der Waals surface area contributed by atoms with Crippen molar-refractivity contribution in [1.29, 1.82) is 0 Å². The molecule has 0 amide bonds. The summed E-state index contributed by atoms with van der Waals surface area (Å²) in [7, 11) is 0. The molecule has 0 aliphatic rings. The van der Waals surface area contributed by atoms with E-state index in [0.29, 0.717) is 13.0 Å². The van der Waals surface area contributed by atoms with Crippen LogP contribution >= 0.6 is 0 Å². The molecule has 1 atom stereocenters. The van der Waals surface area contributed by atoms with Crippen LogP contribution in [0.2, 0.25) is 0 Å². The van der Waals surface area contributed by atoms with E-state index in [2.05, 4.69) is 10.1 Å². The van der Waals surface area contributed by atoms with Crippen molar-refractivity contribution in [3.8, 4) is 0 Å². The first-order valence-corrected chi connectivity index (χ1v) is 4.48. The average molecular weight is 192 g/mol. The second-order valence-corrected chi connectivity index (χ2v) is 3.12. The number of pyridine rings is 1. The summed E-state index contributed by atoms with van der Waals surface area (Å²) in [5.41, 5.74) is 6.95. The van der Waals surface area contributed by atoms with E-state index in [9.17, 15) is 5.11 Å². The average Bonchev–Trinajstić information content (AvgIpc) is 2.64. The van der Waals surface area contributed by atoms with Crippen LogP contribution in [0, 0.1) is 0 Å². The molecule has 0 aliphatic heterocycles. The fourth-order valence-electron chi connectivity index (χ4n) is 1.35. The highest BCUT2D eigenvalue weighted by Crippen LogP contribution is 2.15. The van der Waals surface area contributed by atoms with Crippen LogP contribution in [0.25, 0.3) is 5.65 Å². The zero-order valence-electron chi connectivity index (χ0n) is 7.67. The number of aliphatic hydroxyl groups excluding tert-OH is 1. The third kappa shape index (κ3) is 1.59. The van der Waals surface area contributed by atoms with E-state index in [1.54, 1.807) is 10.7 Å². The van der Waals surface area contributed by atoms with Gasteiger partial charge in [0.2, 0.25) is 0 Å². The number of aliphatic hydroxyl groups is 1. The Balaban J connectivity index is 2.33. The molecule has 2 rings (SSSR count). The number of nitrogens with zero attached hydrogens (tertiary/aromatic N) is 3. The van der Waals surface area contributed by atoms with Gasteiger partial charge >= 0.3 is 0 Å². The van der Waals surface area contributed by atoms with Crippen LogP contribution in [0.4, 0.5) is 0 Å². The van der Waals surface area contributed by atoms with Crippen molar-refractivity contribution in [1.82, 2.24) is 14.6 Å². The Morgan fingerprint density at radius 2 is 2.36 bits per heavy atom. The Labute approximate surface area is 81.2 Å². The third-order valence-corrected chi connectivity index (χ3v) is 2.12. The fourth-order valence-corrected chi connectivity index (χ4v) is 1.35. The number of hydrogen-bond acceptors (Lipinski definition) is 4. The minimum absolute atomic E-state index is 0.469. The second-order valence-electron chi connectivity index (χ2n) is 3.12. The molecule has 2 heterocycles. The van der Waals surface area contributed by atoms with E-state index < -0.39 is 6.10 Å². The Morgan fingerprint density at radius 1 is 1.50 bits per heavy atom. The first-order valence-electron chi connectivity index (χ1n) is 4.48. The smallest absolute Gasteiger partial charge is 0.155 e. The molecule has 0 radical (unpaired) electrons. The summed E-state index contributed by atoms with van der Waals surface area (Å²) in [4.78, 5) is 4.01. The topological polar surface area (TPSA) is 76.4 Å². The summed E-state index contributed by atoms with van der Waals surface area (Å²) in [6, 6.07) is 3.66. The number of nitrogens with two attached hydrogens (primary N) is 1. The quantitative estimate of drug-likeness (QED) is 0.723. The van der Waals surface area contributed by atoms with Crippen LogP contribution in [-0.4, -0.2) is 26.2 Å². The molecule has 0 spiro atoms. The Bertz CT molecular complexity index is 425. The van der Waals surface area contributed by atoms with Gasteiger partial charge in [0.25, 0.3) is 0 Å². The molecule has 0 aromatic carbocycles. The fraction of sp³-hybridized carbons (Fsp3) is 0.333. The van der Waals surface area contributed by atoms with Crippen molar-refractivity contribution in [2.24, 2.45) is 5.73 Å². The Morgan fingerprint density at radius 3 is 3.14 bits per heavy atom. The van der Waals surface area contributed by atoms with Crippen LogP contribution in [0.1, 0.15) is 18.1 Å². The predicted octanol–water partition coefficient (Wildman–Crippen LogP) is 0.112. The van der Waals surface area contributed by atoms with Gasteiger partial charge in [-0.1, -0.05) is 6.07 Å². The first-order chi connectivity index (χ1) is 6.81. The van der Waals surface area contributed by atoms with E-state index in [1.165, 1.54) is 6.33 Å². The van der Waals surface area contributed by atoms with Gasteiger partial charge in [-0.2, -0.15) is 5.10 Å². The summed E-state index contributed by atoms with van der Waals surface area (Å²) in [6.45, 7) is 0.469. The van der Waals surface area contributed by atoms with E-state index in [4.69, 9.17) is 5.73 Å². The maximum absolute atomic E-state index is 9.68. The number of hydrogen-bond donors (Lipinski definition) is 2. The van der Waals surface area contributed by atoms with Crippen molar-refractivity contribution >= 4 is 5.65 Å². The van der Waals surface area contributed by atoms with Crippen molar-refractivity contribution in [3.63, 3.8) is 0 Å². The molecular weight excluding hydrogens is 180 g/mol. The molecule has 14 heavy (non-hydrogen) atoms. The third-order valence-electron chi connectivity index (χ3n) is 2.12. The molecule has 5 nitrogen and oxygen atoms in total. The maximum atomic E-state index is 9.68. The summed E-state index contributed by atoms with van der Waals surface area (Å²) in [6.07, 6.45) is 3.28. The lowest BCUT2D eigenvalue weighted by Crippen LogP contribution is -2.07. The molecular formula is C9H12N4O. The summed E-state index contributed by atoms with van der Waals surface area (Å²) in [5.74, 6) is 0. The van der Waals surface area contributed by atoms with Gasteiger partial charge in [0, 0.05) is 6.20 Å². The molecule has 0 aliphatic carbocycles. The van der Waals surface area contributed by atoms with E-state index in [-0.39, 0.29) is 0 Å². The van der Waals surface area contributed by atoms with Gasteiger partial charge in [0.15, 0.2) is 5.65 Å². The molecule has 3 N–H and O–H groups in total. The number of rotatable bonds is 3. The number of aromatic nitrogens is 3. The van der Waals surface area contributed by atoms with Gasteiger partial charge in [0.05, 0.1) is 6.10 Å². The summed E-state index contributed by atoms with van der Waals surface area (Å²) >= 11 is 0. The van der Waals surface area contributed by atoms with Crippen LogP contribution in [-0.2, 0) is 0 Å². The minimum atomic E-state index is -0.520. The molecule has 2 aromatic heterocycles. The largest absolute Gasteiger partial charge is 0.388 e. The lowest BCUT2D eigenvalue weighted by atomic mass is 10.1. The standard InChI is InChI=1S/C9H12N4O/c10-4-3-8(14)7-1-2-9-11-6-12-13(9)5-7/h1-2,5-6,8,14H,3-4,10H2. The van der Waals surface area contributed by atoms with Crippen LogP contribution in [0.3, 0.4) is 0 Å². The lowest BCUT2D eigenvalue weighted by Gasteiger charge is -2.08.